The highest BCUT2D eigenvalue weighted by Crippen LogP contribution is 2.42. The summed E-state index contributed by atoms with van der Waals surface area (Å²) in [7, 11) is 0. The number of aromatic nitrogens is 3. The standard InChI is InChI=1S/C48H33N3/c1-4-14-32(15-5-1)37-26-27-45-41(30-37)47-39(48-49-42(33-16-6-2-7-17-33)31-43(50-48)34-18-8-3-9-19-34)23-13-25-46(47)51(45)44-24-12-22-38-28-35-20-10-11-21-36(35)29-40(38)44/h1-4,6-14,16-31H,5,15H2. The third kappa shape index (κ3) is 5.05. The summed E-state index contributed by atoms with van der Waals surface area (Å²) in [4.78, 5) is 10.6. The molecule has 2 aromatic heterocycles. The van der Waals surface area contributed by atoms with Crippen LogP contribution in [0, 0.1) is 0 Å². The molecule has 0 aliphatic heterocycles. The molecule has 51 heavy (non-hydrogen) atoms. The van der Waals surface area contributed by atoms with E-state index in [2.05, 4.69) is 168 Å². The summed E-state index contributed by atoms with van der Waals surface area (Å²) in [6.07, 6.45) is 8.79. The highest BCUT2D eigenvalue weighted by atomic mass is 15.0. The number of fused-ring (bicyclic) bond motifs is 5. The highest BCUT2D eigenvalue weighted by Gasteiger charge is 2.21. The van der Waals surface area contributed by atoms with Crippen molar-refractivity contribution in [2.75, 3.05) is 0 Å². The van der Waals surface area contributed by atoms with E-state index in [0.29, 0.717) is 5.82 Å². The fourth-order valence-corrected chi connectivity index (χ4v) is 7.79. The number of allylic oxidation sites excluding steroid dienone is 4. The van der Waals surface area contributed by atoms with Crippen LogP contribution in [0.1, 0.15) is 18.4 Å². The molecular formula is C48H33N3. The largest absolute Gasteiger partial charge is 0.309 e. The summed E-state index contributed by atoms with van der Waals surface area (Å²) in [6, 6.07) is 56.5. The van der Waals surface area contributed by atoms with Gasteiger partial charge in [-0.05, 0) is 82.6 Å². The quantitative estimate of drug-likeness (QED) is 0.173. The van der Waals surface area contributed by atoms with Gasteiger partial charge in [-0.25, -0.2) is 9.97 Å². The third-order valence-electron chi connectivity index (χ3n) is 10.2. The van der Waals surface area contributed by atoms with Gasteiger partial charge in [-0.15, -0.1) is 0 Å². The Morgan fingerprint density at radius 3 is 1.90 bits per heavy atom. The van der Waals surface area contributed by atoms with Gasteiger partial charge in [-0.1, -0.05) is 133 Å². The first-order valence-corrected chi connectivity index (χ1v) is 17.6. The molecule has 0 amide bonds. The monoisotopic (exact) mass is 651 g/mol. The van der Waals surface area contributed by atoms with Crippen molar-refractivity contribution in [1.82, 2.24) is 14.5 Å². The van der Waals surface area contributed by atoms with Crippen molar-refractivity contribution in [3.05, 3.63) is 182 Å². The average Bonchev–Trinajstić information content (AvgIpc) is 3.54. The molecule has 0 unspecified atom stereocenters. The van der Waals surface area contributed by atoms with E-state index in [9.17, 15) is 0 Å². The summed E-state index contributed by atoms with van der Waals surface area (Å²) in [5.74, 6) is 0.717. The number of hydrogen-bond donors (Lipinski definition) is 0. The van der Waals surface area contributed by atoms with E-state index in [4.69, 9.17) is 9.97 Å². The Morgan fingerprint density at radius 1 is 0.490 bits per heavy atom. The Balaban J connectivity index is 1.29. The molecule has 0 fully saturated rings. The van der Waals surface area contributed by atoms with Gasteiger partial charge in [0.05, 0.1) is 28.1 Å². The van der Waals surface area contributed by atoms with Crippen molar-refractivity contribution in [3.8, 4) is 39.6 Å². The van der Waals surface area contributed by atoms with Crippen LogP contribution in [0.5, 0.6) is 0 Å². The summed E-state index contributed by atoms with van der Waals surface area (Å²) in [5, 5.41) is 7.27. The van der Waals surface area contributed by atoms with E-state index >= 15 is 0 Å². The maximum atomic E-state index is 5.29. The zero-order chi connectivity index (χ0) is 33.7. The minimum absolute atomic E-state index is 0.717. The van der Waals surface area contributed by atoms with Gasteiger partial charge in [-0.2, -0.15) is 0 Å². The Kier molecular flexibility index (Phi) is 6.95. The predicted molar refractivity (Wildman–Crippen MR) is 214 cm³/mol. The molecule has 0 saturated heterocycles. The summed E-state index contributed by atoms with van der Waals surface area (Å²) >= 11 is 0. The first-order chi connectivity index (χ1) is 25.3. The molecule has 9 aromatic rings. The lowest BCUT2D eigenvalue weighted by atomic mass is 9.95. The van der Waals surface area contributed by atoms with Crippen LogP contribution >= 0.6 is 0 Å². The summed E-state index contributed by atoms with van der Waals surface area (Å²) in [5.41, 5.74) is 11.0. The maximum absolute atomic E-state index is 5.29. The van der Waals surface area contributed by atoms with Crippen LogP contribution in [0.4, 0.5) is 0 Å². The topological polar surface area (TPSA) is 30.7 Å². The Morgan fingerprint density at radius 2 is 1.18 bits per heavy atom. The van der Waals surface area contributed by atoms with Crippen LogP contribution in [-0.4, -0.2) is 14.5 Å². The molecule has 3 nitrogen and oxygen atoms in total. The van der Waals surface area contributed by atoms with Gasteiger partial charge in [-0.3, -0.25) is 0 Å². The van der Waals surface area contributed by atoms with Crippen molar-refractivity contribution in [2.24, 2.45) is 0 Å². The fourth-order valence-electron chi connectivity index (χ4n) is 7.79. The van der Waals surface area contributed by atoms with E-state index in [1.54, 1.807) is 0 Å². The average molecular weight is 652 g/mol. The van der Waals surface area contributed by atoms with Gasteiger partial charge >= 0.3 is 0 Å². The lowest BCUT2D eigenvalue weighted by Gasteiger charge is -2.14. The molecule has 0 radical (unpaired) electrons. The first kappa shape index (κ1) is 29.3. The second-order valence-corrected chi connectivity index (χ2v) is 13.3. The zero-order valence-corrected chi connectivity index (χ0v) is 28.0. The second kappa shape index (κ2) is 12.1. The normalized spacial score (nSPS) is 13.0. The van der Waals surface area contributed by atoms with E-state index in [-0.39, 0.29) is 0 Å². The molecule has 0 saturated carbocycles. The molecule has 0 atom stereocenters. The van der Waals surface area contributed by atoms with Crippen molar-refractivity contribution in [2.45, 2.75) is 12.8 Å². The van der Waals surface area contributed by atoms with Crippen molar-refractivity contribution in [3.63, 3.8) is 0 Å². The fraction of sp³-hybridized carbons (Fsp3) is 0.0417. The maximum Gasteiger partial charge on any atom is 0.161 e. The van der Waals surface area contributed by atoms with E-state index in [0.717, 1.165) is 63.0 Å². The highest BCUT2D eigenvalue weighted by molar-refractivity contribution is 6.17. The van der Waals surface area contributed by atoms with Gasteiger partial charge in [0.15, 0.2) is 5.82 Å². The molecule has 240 valence electrons. The van der Waals surface area contributed by atoms with Gasteiger partial charge in [0.2, 0.25) is 0 Å². The van der Waals surface area contributed by atoms with Crippen LogP contribution in [-0.2, 0) is 0 Å². The molecule has 10 rings (SSSR count). The van der Waals surface area contributed by atoms with Crippen molar-refractivity contribution < 1.29 is 0 Å². The van der Waals surface area contributed by atoms with Crippen LogP contribution in [0.2, 0.25) is 0 Å². The SMILES string of the molecule is C1=CCCC(c2ccc3c(c2)c2c(-c4nc(-c5ccccc5)cc(-c5ccccc5)n4)cccc2n3-c2cccc3cc4ccccc4cc23)=C1. The first-order valence-electron chi connectivity index (χ1n) is 17.6. The van der Waals surface area contributed by atoms with E-state index in [1.807, 2.05) is 12.1 Å². The lowest BCUT2D eigenvalue weighted by molar-refractivity contribution is 1.05. The minimum Gasteiger partial charge on any atom is -0.309 e. The van der Waals surface area contributed by atoms with Gasteiger partial charge in [0.1, 0.15) is 0 Å². The van der Waals surface area contributed by atoms with Crippen LogP contribution in [0.25, 0.3) is 88.5 Å². The zero-order valence-electron chi connectivity index (χ0n) is 28.0. The lowest BCUT2D eigenvalue weighted by Crippen LogP contribution is -1.97. The van der Waals surface area contributed by atoms with Gasteiger partial charge in [0, 0.05) is 32.8 Å². The number of benzene rings is 7. The summed E-state index contributed by atoms with van der Waals surface area (Å²) < 4.78 is 2.45. The molecule has 1 aliphatic rings. The van der Waals surface area contributed by atoms with E-state index in [1.165, 1.54) is 38.1 Å². The third-order valence-corrected chi connectivity index (χ3v) is 10.2. The van der Waals surface area contributed by atoms with E-state index < -0.39 is 0 Å². The molecule has 0 bridgehead atoms. The van der Waals surface area contributed by atoms with Crippen LogP contribution < -0.4 is 0 Å². The number of rotatable bonds is 5. The smallest absolute Gasteiger partial charge is 0.161 e. The predicted octanol–water partition coefficient (Wildman–Crippen LogP) is 12.6. The number of hydrogen-bond acceptors (Lipinski definition) is 2. The van der Waals surface area contributed by atoms with Crippen LogP contribution in [0.3, 0.4) is 0 Å². The Labute approximate surface area is 296 Å². The Hall–Kier alpha value is -6.58. The van der Waals surface area contributed by atoms with Gasteiger partial charge in [0.25, 0.3) is 0 Å². The molecule has 3 heteroatoms. The molecule has 1 aliphatic carbocycles. The Bertz CT molecular complexity index is 2780. The van der Waals surface area contributed by atoms with Crippen molar-refractivity contribution in [1.29, 1.82) is 0 Å². The molecular weight excluding hydrogens is 619 g/mol. The van der Waals surface area contributed by atoms with Gasteiger partial charge < -0.3 is 4.57 Å². The number of nitrogens with zero attached hydrogens (tertiary/aromatic N) is 3. The molecule has 7 aromatic carbocycles. The molecule has 2 heterocycles. The summed E-state index contributed by atoms with van der Waals surface area (Å²) in [6.45, 7) is 0. The molecule has 0 N–H and O–H groups in total. The van der Waals surface area contributed by atoms with Crippen LogP contribution in [0.15, 0.2) is 176 Å². The molecule has 0 spiro atoms. The van der Waals surface area contributed by atoms with Crippen molar-refractivity contribution >= 4 is 48.9 Å². The minimum atomic E-state index is 0.717. The second-order valence-electron chi connectivity index (χ2n) is 13.3.